The zero-order chi connectivity index (χ0) is 21.6. The summed E-state index contributed by atoms with van der Waals surface area (Å²) in [5.41, 5.74) is 2.50. The molecule has 7 heteroatoms. The van der Waals surface area contributed by atoms with Gasteiger partial charge in [0, 0.05) is 51.4 Å². The van der Waals surface area contributed by atoms with Gasteiger partial charge in [0.2, 0.25) is 0 Å². The molecule has 31 heavy (non-hydrogen) atoms. The summed E-state index contributed by atoms with van der Waals surface area (Å²) in [7, 11) is 1.79. The summed E-state index contributed by atoms with van der Waals surface area (Å²) in [4.78, 5) is 10.6. The zero-order valence-electron chi connectivity index (χ0n) is 18.4. The number of benzene rings is 1. The number of hydrogen-bond donors (Lipinski definition) is 2. The standard InChI is InChI=1S/C24H32FN5O/c1-17-7-9-18(10-8-17)22-19(5-4-14-31-22)15-28-24(26-2)29-20-11-13-30(16-20)23-21(25)6-3-12-27-23/h3,6-10,12,19-20,22H,4-5,11,13-16H2,1-2H3,(H2,26,28,29). The average molecular weight is 426 g/mol. The first-order chi connectivity index (χ1) is 15.1. The topological polar surface area (TPSA) is 61.8 Å². The van der Waals surface area contributed by atoms with Crippen molar-refractivity contribution in [2.75, 3.05) is 38.2 Å². The minimum atomic E-state index is -0.273. The fraction of sp³-hybridized carbons (Fsp3) is 0.500. The highest BCUT2D eigenvalue weighted by molar-refractivity contribution is 5.80. The minimum Gasteiger partial charge on any atom is -0.373 e. The first kappa shape index (κ1) is 21.6. The predicted molar refractivity (Wildman–Crippen MR) is 122 cm³/mol. The lowest BCUT2D eigenvalue weighted by Gasteiger charge is -2.33. The highest BCUT2D eigenvalue weighted by Gasteiger charge is 2.29. The smallest absolute Gasteiger partial charge is 0.191 e. The first-order valence-electron chi connectivity index (χ1n) is 11.1. The van der Waals surface area contributed by atoms with Gasteiger partial charge in [-0.1, -0.05) is 29.8 Å². The molecule has 0 radical (unpaired) electrons. The van der Waals surface area contributed by atoms with E-state index in [4.69, 9.17) is 4.74 Å². The van der Waals surface area contributed by atoms with Crippen LogP contribution in [0.5, 0.6) is 0 Å². The number of pyridine rings is 1. The van der Waals surface area contributed by atoms with Crippen LogP contribution in [0, 0.1) is 18.7 Å². The molecule has 2 aromatic rings. The van der Waals surface area contributed by atoms with Crippen molar-refractivity contribution in [1.29, 1.82) is 0 Å². The Morgan fingerprint density at radius 3 is 2.87 bits per heavy atom. The van der Waals surface area contributed by atoms with Crippen LogP contribution in [0.4, 0.5) is 10.2 Å². The Hall–Kier alpha value is -2.67. The molecule has 3 atom stereocenters. The van der Waals surface area contributed by atoms with Crippen molar-refractivity contribution in [3.8, 4) is 0 Å². The van der Waals surface area contributed by atoms with Crippen molar-refractivity contribution in [3.05, 3.63) is 59.5 Å². The second-order valence-corrected chi connectivity index (χ2v) is 8.44. The highest BCUT2D eigenvalue weighted by atomic mass is 19.1. The van der Waals surface area contributed by atoms with Gasteiger partial charge in [-0.2, -0.15) is 0 Å². The summed E-state index contributed by atoms with van der Waals surface area (Å²) in [6.07, 6.45) is 4.85. The Morgan fingerprint density at radius 2 is 2.10 bits per heavy atom. The summed E-state index contributed by atoms with van der Waals surface area (Å²) in [5.74, 6) is 1.32. The molecule has 3 unspecified atom stereocenters. The summed E-state index contributed by atoms with van der Waals surface area (Å²) in [5, 5.41) is 6.99. The monoisotopic (exact) mass is 425 g/mol. The number of hydrogen-bond acceptors (Lipinski definition) is 4. The van der Waals surface area contributed by atoms with Gasteiger partial charge < -0.3 is 20.3 Å². The van der Waals surface area contributed by atoms with E-state index in [1.54, 1.807) is 19.3 Å². The molecule has 2 fully saturated rings. The van der Waals surface area contributed by atoms with Crippen LogP contribution < -0.4 is 15.5 Å². The van der Waals surface area contributed by atoms with Gasteiger partial charge in [-0.05, 0) is 43.9 Å². The molecule has 1 aromatic carbocycles. The van der Waals surface area contributed by atoms with Gasteiger partial charge in [-0.15, -0.1) is 0 Å². The van der Waals surface area contributed by atoms with Gasteiger partial charge in [-0.3, -0.25) is 4.99 Å². The maximum absolute atomic E-state index is 14.1. The fourth-order valence-corrected chi connectivity index (χ4v) is 4.47. The third kappa shape index (κ3) is 5.34. The van der Waals surface area contributed by atoms with Crippen LogP contribution in [0.15, 0.2) is 47.6 Å². The molecule has 2 aliphatic rings. The molecule has 2 N–H and O–H groups in total. The molecule has 0 amide bonds. The van der Waals surface area contributed by atoms with Crippen LogP contribution >= 0.6 is 0 Å². The normalized spacial score (nSPS) is 24.3. The number of aryl methyl sites for hydroxylation is 1. The number of nitrogens with one attached hydrogen (secondary N) is 2. The fourth-order valence-electron chi connectivity index (χ4n) is 4.47. The second-order valence-electron chi connectivity index (χ2n) is 8.44. The average Bonchev–Trinajstić information content (AvgIpc) is 3.26. The Balaban J connectivity index is 1.32. The van der Waals surface area contributed by atoms with E-state index in [1.165, 1.54) is 17.2 Å². The first-order valence-corrected chi connectivity index (χ1v) is 11.1. The third-order valence-electron chi connectivity index (χ3n) is 6.17. The van der Waals surface area contributed by atoms with E-state index < -0.39 is 0 Å². The maximum atomic E-state index is 14.1. The number of rotatable bonds is 5. The molecule has 2 aliphatic heterocycles. The Bertz CT molecular complexity index is 888. The van der Waals surface area contributed by atoms with Crippen molar-refractivity contribution in [2.45, 2.75) is 38.3 Å². The Kier molecular flexibility index (Phi) is 7.02. The van der Waals surface area contributed by atoms with Gasteiger partial charge in [0.15, 0.2) is 17.6 Å². The number of nitrogens with zero attached hydrogens (tertiary/aromatic N) is 3. The summed E-state index contributed by atoms with van der Waals surface area (Å²) in [6.45, 7) is 5.18. The molecule has 4 rings (SSSR count). The Morgan fingerprint density at radius 1 is 1.26 bits per heavy atom. The molecule has 0 spiro atoms. The summed E-state index contributed by atoms with van der Waals surface area (Å²) >= 11 is 0. The third-order valence-corrected chi connectivity index (χ3v) is 6.17. The van der Waals surface area contributed by atoms with Gasteiger partial charge in [0.1, 0.15) is 0 Å². The van der Waals surface area contributed by atoms with E-state index in [9.17, 15) is 4.39 Å². The van der Waals surface area contributed by atoms with E-state index in [0.29, 0.717) is 18.3 Å². The van der Waals surface area contributed by atoms with E-state index in [1.807, 2.05) is 4.90 Å². The Labute approximate surface area is 183 Å². The van der Waals surface area contributed by atoms with Crippen LogP contribution in [-0.2, 0) is 4.74 Å². The van der Waals surface area contributed by atoms with Gasteiger partial charge >= 0.3 is 0 Å². The summed E-state index contributed by atoms with van der Waals surface area (Å²) < 4.78 is 20.2. The quantitative estimate of drug-likeness (QED) is 0.568. The lowest BCUT2D eigenvalue weighted by Crippen LogP contribution is -2.46. The van der Waals surface area contributed by atoms with Gasteiger partial charge in [0.05, 0.1) is 6.10 Å². The SMILES string of the molecule is CN=C(NCC1CCCOC1c1ccc(C)cc1)NC1CCN(c2ncccc2F)C1. The molecule has 0 bridgehead atoms. The van der Waals surface area contributed by atoms with Crippen molar-refractivity contribution in [2.24, 2.45) is 10.9 Å². The molecule has 2 saturated heterocycles. The van der Waals surface area contributed by atoms with Crippen LogP contribution in [-0.4, -0.2) is 50.3 Å². The van der Waals surface area contributed by atoms with E-state index in [-0.39, 0.29) is 18.0 Å². The van der Waals surface area contributed by atoms with Crippen molar-refractivity contribution >= 4 is 11.8 Å². The number of aliphatic imine (C=N–C) groups is 1. The number of anilines is 1. The maximum Gasteiger partial charge on any atom is 0.191 e. The molecule has 166 valence electrons. The van der Waals surface area contributed by atoms with Crippen LogP contribution in [0.3, 0.4) is 0 Å². The lowest BCUT2D eigenvalue weighted by atomic mass is 9.89. The molecule has 0 aliphatic carbocycles. The summed E-state index contributed by atoms with van der Waals surface area (Å²) in [6, 6.07) is 11.9. The number of halogens is 1. The largest absolute Gasteiger partial charge is 0.373 e. The van der Waals surface area contributed by atoms with Crippen molar-refractivity contribution in [3.63, 3.8) is 0 Å². The molecule has 6 nitrogen and oxygen atoms in total. The van der Waals surface area contributed by atoms with E-state index in [0.717, 1.165) is 44.9 Å². The van der Waals surface area contributed by atoms with Crippen LogP contribution in [0.1, 0.15) is 36.5 Å². The van der Waals surface area contributed by atoms with Crippen LogP contribution in [0.2, 0.25) is 0 Å². The predicted octanol–water partition coefficient (Wildman–Crippen LogP) is 3.44. The van der Waals surface area contributed by atoms with Gasteiger partial charge in [-0.25, -0.2) is 9.37 Å². The number of ether oxygens (including phenoxy) is 1. The van der Waals surface area contributed by atoms with Crippen molar-refractivity contribution in [1.82, 2.24) is 15.6 Å². The van der Waals surface area contributed by atoms with Crippen LogP contribution in [0.25, 0.3) is 0 Å². The van der Waals surface area contributed by atoms with Crippen molar-refractivity contribution < 1.29 is 9.13 Å². The molecular weight excluding hydrogens is 393 g/mol. The highest BCUT2D eigenvalue weighted by Crippen LogP contribution is 2.33. The zero-order valence-corrected chi connectivity index (χ0v) is 18.4. The van der Waals surface area contributed by atoms with E-state index in [2.05, 4.69) is 51.8 Å². The number of guanidine groups is 1. The van der Waals surface area contributed by atoms with Gasteiger partial charge in [0.25, 0.3) is 0 Å². The molecule has 0 saturated carbocycles. The second kappa shape index (κ2) is 10.1. The molecule has 1 aromatic heterocycles. The number of aromatic nitrogens is 1. The molecule has 3 heterocycles. The molecular formula is C24H32FN5O. The van der Waals surface area contributed by atoms with E-state index >= 15 is 0 Å². The lowest BCUT2D eigenvalue weighted by molar-refractivity contribution is -0.0265. The minimum absolute atomic E-state index is 0.106.